The topological polar surface area (TPSA) is 115 Å². The standard InChI is InChI=1S/C33H39N3O6/c1-21(37)36-26-14-12-23-19-29(40-2)32(41-3)33(42-4)31(23)24-13-15-27(28(38)20-25(24)26)34-17-8-11-30(39)35-18-16-22-9-6-5-7-10-22/h5-7,9-10,13,15,19-20,26H,8,11-12,14,16-18H2,1-4H3,(H,34,38)(H,35,39)(H,36,37). The Morgan fingerprint density at radius 2 is 1.69 bits per heavy atom. The summed E-state index contributed by atoms with van der Waals surface area (Å²) in [6, 6.07) is 16.8. The molecule has 0 bridgehead atoms. The Balaban J connectivity index is 1.55. The smallest absolute Gasteiger partial charge is 0.220 e. The fraction of sp³-hybridized carbons (Fsp3) is 0.364. The minimum Gasteiger partial charge on any atom is -0.493 e. The van der Waals surface area contributed by atoms with Crippen LogP contribution in [-0.2, 0) is 22.4 Å². The molecule has 0 aromatic heterocycles. The molecule has 4 rings (SSSR count). The Morgan fingerprint density at radius 1 is 0.929 bits per heavy atom. The summed E-state index contributed by atoms with van der Waals surface area (Å²) >= 11 is 0. The number of rotatable bonds is 12. The van der Waals surface area contributed by atoms with E-state index in [0.29, 0.717) is 67.3 Å². The van der Waals surface area contributed by atoms with Crippen LogP contribution in [0.25, 0.3) is 11.1 Å². The zero-order valence-corrected chi connectivity index (χ0v) is 24.7. The van der Waals surface area contributed by atoms with Gasteiger partial charge in [-0.05, 0) is 66.1 Å². The molecule has 42 heavy (non-hydrogen) atoms. The number of aryl methyl sites for hydroxylation is 1. The number of hydrogen-bond donors (Lipinski definition) is 3. The Bertz CT molecular complexity index is 1480. The molecule has 3 aromatic carbocycles. The van der Waals surface area contributed by atoms with Crippen LogP contribution >= 0.6 is 0 Å². The molecule has 3 N–H and O–H groups in total. The predicted octanol–water partition coefficient (Wildman–Crippen LogP) is 4.41. The summed E-state index contributed by atoms with van der Waals surface area (Å²) in [6.07, 6.45) is 2.91. The molecular formula is C33H39N3O6. The van der Waals surface area contributed by atoms with Gasteiger partial charge in [0.15, 0.2) is 11.5 Å². The number of benzene rings is 2. The molecule has 1 unspecified atom stereocenters. The van der Waals surface area contributed by atoms with Crippen LogP contribution in [0.5, 0.6) is 17.2 Å². The van der Waals surface area contributed by atoms with E-state index in [2.05, 4.69) is 16.0 Å². The van der Waals surface area contributed by atoms with Crippen LogP contribution in [0, 0.1) is 0 Å². The third-order valence-corrected chi connectivity index (χ3v) is 7.39. The lowest BCUT2D eigenvalue weighted by molar-refractivity contribution is -0.121. The number of amides is 2. The normalized spacial score (nSPS) is 13.6. The summed E-state index contributed by atoms with van der Waals surface area (Å²) in [6.45, 7) is 2.50. The van der Waals surface area contributed by atoms with E-state index in [4.69, 9.17) is 14.2 Å². The number of carbonyl (C=O) groups excluding carboxylic acids is 2. The molecule has 2 amide bonds. The number of ether oxygens (including phenoxy) is 3. The van der Waals surface area contributed by atoms with Crippen molar-refractivity contribution in [3.8, 4) is 28.4 Å². The SMILES string of the molecule is COc1cc2c(c(OC)c1OC)-c1ccc(NCCCC(=O)NCCc3ccccc3)c(=O)cc1C(NC(C)=O)CC2. The Morgan fingerprint density at radius 3 is 2.38 bits per heavy atom. The minimum atomic E-state index is -0.376. The van der Waals surface area contributed by atoms with Gasteiger partial charge in [-0.3, -0.25) is 14.4 Å². The lowest BCUT2D eigenvalue weighted by Crippen LogP contribution is -2.26. The van der Waals surface area contributed by atoms with E-state index in [-0.39, 0.29) is 23.3 Å². The maximum atomic E-state index is 13.4. The number of anilines is 1. The van der Waals surface area contributed by atoms with Gasteiger partial charge in [-0.25, -0.2) is 0 Å². The largest absolute Gasteiger partial charge is 0.493 e. The molecule has 0 fully saturated rings. The second kappa shape index (κ2) is 14.4. The van der Waals surface area contributed by atoms with Gasteiger partial charge in [0.2, 0.25) is 23.0 Å². The van der Waals surface area contributed by atoms with Gasteiger partial charge in [-0.15, -0.1) is 0 Å². The molecule has 0 heterocycles. The van der Waals surface area contributed by atoms with Crippen LogP contribution in [0.2, 0.25) is 0 Å². The van der Waals surface area contributed by atoms with Crippen LogP contribution in [-0.4, -0.2) is 46.2 Å². The van der Waals surface area contributed by atoms with Crippen molar-refractivity contribution in [3.63, 3.8) is 0 Å². The highest BCUT2D eigenvalue weighted by molar-refractivity contribution is 5.83. The zero-order valence-electron chi connectivity index (χ0n) is 24.7. The predicted molar refractivity (Wildman–Crippen MR) is 164 cm³/mol. The molecule has 1 atom stereocenters. The molecule has 222 valence electrons. The van der Waals surface area contributed by atoms with E-state index in [9.17, 15) is 14.4 Å². The number of methoxy groups -OCH3 is 3. The lowest BCUT2D eigenvalue weighted by atomic mass is 9.95. The monoisotopic (exact) mass is 573 g/mol. The summed E-state index contributed by atoms with van der Waals surface area (Å²) in [7, 11) is 4.70. The number of nitrogens with one attached hydrogen (secondary N) is 3. The van der Waals surface area contributed by atoms with Gasteiger partial charge in [0.1, 0.15) is 0 Å². The summed E-state index contributed by atoms with van der Waals surface area (Å²) < 4.78 is 17.0. The first-order valence-corrected chi connectivity index (χ1v) is 14.2. The van der Waals surface area contributed by atoms with Crippen LogP contribution in [0.15, 0.2) is 59.4 Å². The van der Waals surface area contributed by atoms with Gasteiger partial charge >= 0.3 is 0 Å². The lowest BCUT2D eigenvalue weighted by Gasteiger charge is -2.19. The van der Waals surface area contributed by atoms with Crippen molar-refractivity contribution in [1.82, 2.24) is 10.6 Å². The van der Waals surface area contributed by atoms with Gasteiger partial charge in [-0.2, -0.15) is 0 Å². The maximum Gasteiger partial charge on any atom is 0.220 e. The number of fused-ring (bicyclic) bond motifs is 3. The van der Waals surface area contributed by atoms with E-state index in [1.807, 2.05) is 42.5 Å². The molecular weight excluding hydrogens is 534 g/mol. The Labute approximate surface area is 246 Å². The molecule has 1 aliphatic carbocycles. The van der Waals surface area contributed by atoms with Gasteiger partial charge in [0.05, 0.1) is 33.1 Å². The van der Waals surface area contributed by atoms with Crippen molar-refractivity contribution in [2.24, 2.45) is 0 Å². The fourth-order valence-corrected chi connectivity index (χ4v) is 5.41. The number of carbonyl (C=O) groups is 2. The molecule has 1 aliphatic rings. The van der Waals surface area contributed by atoms with E-state index in [1.54, 1.807) is 33.5 Å². The average molecular weight is 574 g/mol. The van der Waals surface area contributed by atoms with Gasteiger partial charge in [0.25, 0.3) is 0 Å². The van der Waals surface area contributed by atoms with E-state index in [0.717, 1.165) is 23.1 Å². The average Bonchev–Trinajstić information content (AvgIpc) is 3.23. The minimum absolute atomic E-state index is 0.0216. The van der Waals surface area contributed by atoms with E-state index in [1.165, 1.54) is 12.5 Å². The molecule has 3 aromatic rings. The summed E-state index contributed by atoms with van der Waals surface area (Å²) in [5.41, 5.74) is 4.61. The van der Waals surface area contributed by atoms with Gasteiger partial charge in [0, 0.05) is 32.0 Å². The van der Waals surface area contributed by atoms with Crippen molar-refractivity contribution < 1.29 is 23.8 Å². The molecule has 0 radical (unpaired) electrons. The summed E-state index contributed by atoms with van der Waals surface area (Å²) in [5, 5.41) is 9.17. The molecule has 9 heteroatoms. The van der Waals surface area contributed by atoms with Crippen LogP contribution < -0.4 is 35.6 Å². The number of hydrogen-bond acceptors (Lipinski definition) is 7. The molecule has 0 saturated heterocycles. The van der Waals surface area contributed by atoms with Crippen LogP contribution in [0.3, 0.4) is 0 Å². The van der Waals surface area contributed by atoms with Crippen molar-refractivity contribution in [2.75, 3.05) is 39.7 Å². The highest BCUT2D eigenvalue weighted by Crippen LogP contribution is 2.50. The van der Waals surface area contributed by atoms with Crippen molar-refractivity contribution in [2.45, 2.75) is 45.1 Å². The van der Waals surface area contributed by atoms with E-state index < -0.39 is 0 Å². The zero-order chi connectivity index (χ0) is 30.1. The third-order valence-electron chi connectivity index (χ3n) is 7.39. The third kappa shape index (κ3) is 7.21. The Hall–Kier alpha value is -4.53. The molecule has 0 aliphatic heterocycles. The first-order valence-electron chi connectivity index (χ1n) is 14.2. The van der Waals surface area contributed by atoms with Crippen molar-refractivity contribution in [1.29, 1.82) is 0 Å². The van der Waals surface area contributed by atoms with Crippen LogP contribution in [0.1, 0.15) is 48.9 Å². The summed E-state index contributed by atoms with van der Waals surface area (Å²) in [5.74, 6) is 1.30. The highest BCUT2D eigenvalue weighted by Gasteiger charge is 2.29. The maximum absolute atomic E-state index is 13.4. The second-order valence-corrected chi connectivity index (χ2v) is 10.2. The first-order chi connectivity index (χ1) is 20.4. The summed E-state index contributed by atoms with van der Waals surface area (Å²) in [4.78, 5) is 37.8. The highest BCUT2D eigenvalue weighted by atomic mass is 16.5. The van der Waals surface area contributed by atoms with Crippen LogP contribution in [0.4, 0.5) is 5.69 Å². The van der Waals surface area contributed by atoms with Crippen molar-refractivity contribution in [3.05, 3.63) is 81.5 Å². The quantitative estimate of drug-likeness (QED) is 0.275. The molecule has 0 spiro atoms. The second-order valence-electron chi connectivity index (χ2n) is 10.2. The van der Waals surface area contributed by atoms with E-state index >= 15 is 0 Å². The molecule has 0 saturated carbocycles. The fourth-order valence-electron chi connectivity index (χ4n) is 5.41. The van der Waals surface area contributed by atoms with Crippen molar-refractivity contribution >= 4 is 17.5 Å². The first kappa shape index (κ1) is 30.4. The Kier molecular flexibility index (Phi) is 10.4. The van der Waals surface area contributed by atoms with Gasteiger partial charge in [-0.1, -0.05) is 36.4 Å². The molecule has 9 nitrogen and oxygen atoms in total. The van der Waals surface area contributed by atoms with Gasteiger partial charge < -0.3 is 30.2 Å².